The number of rotatable bonds is 2. The van der Waals surface area contributed by atoms with Crippen molar-refractivity contribution in [1.29, 1.82) is 0 Å². The van der Waals surface area contributed by atoms with E-state index in [9.17, 15) is 9.90 Å². The van der Waals surface area contributed by atoms with Gasteiger partial charge < -0.3 is 15.0 Å². The van der Waals surface area contributed by atoms with Gasteiger partial charge in [-0.05, 0) is 25.8 Å². The van der Waals surface area contributed by atoms with Crippen molar-refractivity contribution in [3.63, 3.8) is 0 Å². The van der Waals surface area contributed by atoms with Crippen LogP contribution in [0, 0.1) is 5.92 Å². The molecule has 1 fully saturated rings. The standard InChI is InChI=1S/C12H17ClN2O2/c1-8(16)9-3-2-4-15(7-9)12(17)11-5-10(13)6-14-11/h5-6,8-9,14,16H,2-4,7H2,1H3. The molecule has 1 saturated heterocycles. The molecule has 94 valence electrons. The molecule has 17 heavy (non-hydrogen) atoms. The van der Waals surface area contributed by atoms with Gasteiger partial charge in [0.1, 0.15) is 5.69 Å². The number of hydrogen-bond acceptors (Lipinski definition) is 2. The van der Waals surface area contributed by atoms with Crippen LogP contribution in [0.25, 0.3) is 0 Å². The van der Waals surface area contributed by atoms with Crippen LogP contribution in [0.3, 0.4) is 0 Å². The largest absolute Gasteiger partial charge is 0.393 e. The summed E-state index contributed by atoms with van der Waals surface area (Å²) in [5.41, 5.74) is 0.515. The Hall–Kier alpha value is -1.00. The fourth-order valence-electron chi connectivity index (χ4n) is 2.25. The van der Waals surface area contributed by atoms with E-state index in [2.05, 4.69) is 4.98 Å². The van der Waals surface area contributed by atoms with Gasteiger partial charge in [-0.25, -0.2) is 0 Å². The molecule has 0 spiro atoms. The summed E-state index contributed by atoms with van der Waals surface area (Å²) < 4.78 is 0. The summed E-state index contributed by atoms with van der Waals surface area (Å²) in [6.07, 6.45) is 3.16. The molecule has 0 aliphatic carbocycles. The van der Waals surface area contributed by atoms with Crippen molar-refractivity contribution in [1.82, 2.24) is 9.88 Å². The molecular weight excluding hydrogens is 240 g/mol. The molecule has 5 heteroatoms. The monoisotopic (exact) mass is 256 g/mol. The number of aliphatic hydroxyl groups is 1. The molecule has 4 nitrogen and oxygen atoms in total. The zero-order valence-corrected chi connectivity index (χ0v) is 10.6. The number of H-pyrrole nitrogens is 1. The Morgan fingerprint density at radius 2 is 2.47 bits per heavy atom. The number of halogens is 1. The lowest BCUT2D eigenvalue weighted by atomic mass is 9.93. The number of nitrogens with one attached hydrogen (secondary N) is 1. The van der Waals surface area contributed by atoms with Crippen LogP contribution in [0.5, 0.6) is 0 Å². The van der Waals surface area contributed by atoms with E-state index >= 15 is 0 Å². The average molecular weight is 257 g/mol. The summed E-state index contributed by atoms with van der Waals surface area (Å²) >= 11 is 5.78. The Morgan fingerprint density at radius 3 is 3.06 bits per heavy atom. The Kier molecular flexibility index (Phi) is 3.74. The Labute approximate surface area is 106 Å². The van der Waals surface area contributed by atoms with Crippen molar-refractivity contribution in [2.24, 2.45) is 5.92 Å². The second kappa shape index (κ2) is 5.10. The highest BCUT2D eigenvalue weighted by molar-refractivity contribution is 6.30. The van der Waals surface area contributed by atoms with Gasteiger partial charge in [-0.15, -0.1) is 0 Å². The molecule has 0 aromatic carbocycles. The second-order valence-corrected chi connectivity index (χ2v) is 5.06. The maximum atomic E-state index is 12.1. The van der Waals surface area contributed by atoms with E-state index in [1.54, 1.807) is 24.1 Å². The summed E-state index contributed by atoms with van der Waals surface area (Å²) in [5, 5.41) is 10.1. The van der Waals surface area contributed by atoms with Crippen molar-refractivity contribution < 1.29 is 9.90 Å². The van der Waals surface area contributed by atoms with Crippen molar-refractivity contribution in [2.75, 3.05) is 13.1 Å². The molecule has 2 atom stereocenters. The average Bonchev–Trinajstić information content (AvgIpc) is 2.75. The number of amides is 1. The molecule has 2 heterocycles. The number of nitrogens with zero attached hydrogens (tertiary/aromatic N) is 1. The first-order valence-corrected chi connectivity index (χ1v) is 6.27. The number of carbonyl (C=O) groups excluding carboxylic acids is 1. The highest BCUT2D eigenvalue weighted by atomic mass is 35.5. The molecule has 0 bridgehead atoms. The van der Waals surface area contributed by atoms with Crippen molar-refractivity contribution in [3.05, 3.63) is 23.0 Å². The molecule has 2 N–H and O–H groups in total. The maximum Gasteiger partial charge on any atom is 0.270 e. The number of aromatic amines is 1. The molecule has 2 unspecified atom stereocenters. The quantitative estimate of drug-likeness (QED) is 0.849. The first-order chi connectivity index (χ1) is 8.08. The summed E-state index contributed by atoms with van der Waals surface area (Å²) in [6.45, 7) is 3.15. The zero-order valence-electron chi connectivity index (χ0n) is 9.82. The summed E-state index contributed by atoms with van der Waals surface area (Å²) in [7, 11) is 0. The SMILES string of the molecule is CC(O)C1CCCN(C(=O)c2cc(Cl)c[nH]2)C1. The predicted molar refractivity (Wildman–Crippen MR) is 66.1 cm³/mol. The van der Waals surface area contributed by atoms with Gasteiger partial charge in [0.05, 0.1) is 11.1 Å². The van der Waals surface area contributed by atoms with Gasteiger partial charge in [-0.2, -0.15) is 0 Å². The molecule has 1 aromatic heterocycles. The van der Waals surface area contributed by atoms with Gasteiger partial charge in [-0.3, -0.25) is 4.79 Å². The lowest BCUT2D eigenvalue weighted by Crippen LogP contribution is -2.43. The first kappa shape index (κ1) is 12.5. The minimum Gasteiger partial charge on any atom is -0.393 e. The number of piperidine rings is 1. The highest BCUT2D eigenvalue weighted by Crippen LogP contribution is 2.21. The Morgan fingerprint density at radius 1 is 1.71 bits per heavy atom. The lowest BCUT2D eigenvalue weighted by molar-refractivity contribution is 0.0462. The third-order valence-corrected chi connectivity index (χ3v) is 3.52. The van der Waals surface area contributed by atoms with Crippen LogP contribution >= 0.6 is 11.6 Å². The fourth-order valence-corrected chi connectivity index (χ4v) is 2.41. The number of aliphatic hydroxyl groups excluding tert-OH is 1. The van der Waals surface area contributed by atoms with E-state index < -0.39 is 0 Å². The molecule has 0 saturated carbocycles. The molecule has 2 rings (SSSR count). The summed E-state index contributed by atoms with van der Waals surface area (Å²) in [6, 6.07) is 1.63. The van der Waals surface area contributed by atoms with Crippen LogP contribution in [0.1, 0.15) is 30.3 Å². The number of likely N-dealkylation sites (tertiary alicyclic amines) is 1. The van der Waals surface area contributed by atoms with E-state index in [1.807, 2.05) is 0 Å². The second-order valence-electron chi connectivity index (χ2n) is 4.63. The van der Waals surface area contributed by atoms with Crippen molar-refractivity contribution in [2.45, 2.75) is 25.9 Å². The minimum atomic E-state index is -0.363. The van der Waals surface area contributed by atoms with Crippen LogP contribution in [-0.4, -0.2) is 40.1 Å². The molecule has 0 radical (unpaired) electrons. The van der Waals surface area contributed by atoms with Crippen LogP contribution in [0.15, 0.2) is 12.3 Å². The summed E-state index contributed by atoms with van der Waals surface area (Å²) in [5.74, 6) is 0.139. The molecule has 1 aliphatic rings. The van der Waals surface area contributed by atoms with Gasteiger partial charge in [0.15, 0.2) is 0 Å². The topological polar surface area (TPSA) is 56.3 Å². The predicted octanol–water partition coefficient (Wildman–Crippen LogP) is 1.90. The van der Waals surface area contributed by atoms with Crippen molar-refractivity contribution >= 4 is 17.5 Å². The normalized spacial score (nSPS) is 22.5. The number of carbonyl (C=O) groups is 1. The van der Waals surface area contributed by atoms with E-state index in [1.165, 1.54) is 0 Å². The fraction of sp³-hybridized carbons (Fsp3) is 0.583. The smallest absolute Gasteiger partial charge is 0.270 e. The van der Waals surface area contributed by atoms with E-state index in [-0.39, 0.29) is 17.9 Å². The molecule has 1 aliphatic heterocycles. The first-order valence-electron chi connectivity index (χ1n) is 5.89. The third-order valence-electron chi connectivity index (χ3n) is 3.31. The van der Waals surface area contributed by atoms with Crippen molar-refractivity contribution in [3.8, 4) is 0 Å². The van der Waals surface area contributed by atoms with Crippen LogP contribution in [0.4, 0.5) is 0 Å². The van der Waals surface area contributed by atoms with Crippen LogP contribution < -0.4 is 0 Å². The lowest BCUT2D eigenvalue weighted by Gasteiger charge is -2.33. The molecular formula is C12H17ClN2O2. The number of hydrogen-bond donors (Lipinski definition) is 2. The Balaban J connectivity index is 2.04. The highest BCUT2D eigenvalue weighted by Gasteiger charge is 2.27. The zero-order chi connectivity index (χ0) is 12.4. The van der Waals surface area contributed by atoms with E-state index in [4.69, 9.17) is 11.6 Å². The van der Waals surface area contributed by atoms with Gasteiger partial charge >= 0.3 is 0 Å². The number of aromatic nitrogens is 1. The van der Waals surface area contributed by atoms with Gasteiger partial charge in [-0.1, -0.05) is 11.6 Å². The maximum absolute atomic E-state index is 12.1. The van der Waals surface area contributed by atoms with Crippen LogP contribution in [0.2, 0.25) is 5.02 Å². The molecule has 1 amide bonds. The van der Waals surface area contributed by atoms with Gasteiger partial charge in [0.25, 0.3) is 5.91 Å². The van der Waals surface area contributed by atoms with Gasteiger partial charge in [0, 0.05) is 25.2 Å². The summed E-state index contributed by atoms with van der Waals surface area (Å²) in [4.78, 5) is 16.8. The van der Waals surface area contributed by atoms with Crippen LogP contribution in [-0.2, 0) is 0 Å². The third kappa shape index (κ3) is 2.82. The van der Waals surface area contributed by atoms with E-state index in [0.717, 1.165) is 19.4 Å². The molecule has 1 aromatic rings. The minimum absolute atomic E-state index is 0.0396. The van der Waals surface area contributed by atoms with Gasteiger partial charge in [0.2, 0.25) is 0 Å². The van der Waals surface area contributed by atoms with E-state index in [0.29, 0.717) is 17.3 Å². The Bertz CT molecular complexity index is 403.